The molecule has 1 rings (SSSR count). The van der Waals surface area contributed by atoms with Crippen molar-refractivity contribution >= 4 is 0 Å². The first-order chi connectivity index (χ1) is 7.54. The maximum absolute atomic E-state index is 13.7. The molecule has 0 heterocycles. The van der Waals surface area contributed by atoms with Gasteiger partial charge in [0.15, 0.2) is 0 Å². The molecular weight excluding hydrogens is 205 g/mol. The molecule has 3 heteroatoms. The topological polar surface area (TPSA) is 21.3 Å². The summed E-state index contributed by atoms with van der Waals surface area (Å²) in [6, 6.07) is 5.19. The molecule has 0 aliphatic heterocycles. The molecule has 2 nitrogen and oxygen atoms in total. The Hall–Kier alpha value is -0.930. The number of halogens is 1. The van der Waals surface area contributed by atoms with E-state index in [0.717, 1.165) is 5.56 Å². The van der Waals surface area contributed by atoms with Crippen LogP contribution in [0, 0.1) is 12.7 Å². The predicted octanol–water partition coefficient (Wildman–Crippen LogP) is 2.82. The van der Waals surface area contributed by atoms with Crippen molar-refractivity contribution in [3.8, 4) is 0 Å². The lowest BCUT2D eigenvalue weighted by Crippen LogP contribution is -2.24. The van der Waals surface area contributed by atoms with Crippen LogP contribution in [0.1, 0.15) is 31.0 Å². The molecule has 16 heavy (non-hydrogen) atoms. The van der Waals surface area contributed by atoms with Gasteiger partial charge >= 0.3 is 0 Å². The maximum atomic E-state index is 13.7. The van der Waals surface area contributed by atoms with Crippen molar-refractivity contribution in [2.75, 3.05) is 13.7 Å². The van der Waals surface area contributed by atoms with Crippen molar-refractivity contribution in [3.05, 3.63) is 35.1 Å². The van der Waals surface area contributed by atoms with E-state index in [4.69, 9.17) is 4.74 Å². The zero-order valence-corrected chi connectivity index (χ0v) is 10.4. The summed E-state index contributed by atoms with van der Waals surface area (Å²) in [5.74, 6) is -0.174. The molecule has 90 valence electrons. The molecule has 0 fully saturated rings. The Morgan fingerprint density at radius 3 is 2.56 bits per heavy atom. The number of hydrogen-bond acceptors (Lipinski definition) is 2. The van der Waals surface area contributed by atoms with E-state index in [2.05, 4.69) is 5.32 Å². The Labute approximate surface area is 96.8 Å². The van der Waals surface area contributed by atoms with E-state index < -0.39 is 0 Å². The highest BCUT2D eigenvalue weighted by Gasteiger charge is 2.14. The fourth-order valence-corrected chi connectivity index (χ4v) is 1.53. The van der Waals surface area contributed by atoms with Gasteiger partial charge in [0.05, 0.1) is 18.8 Å². The minimum Gasteiger partial charge on any atom is -0.377 e. The average molecular weight is 225 g/mol. The van der Waals surface area contributed by atoms with E-state index in [-0.39, 0.29) is 18.0 Å². The Balaban J connectivity index is 2.78. The summed E-state index contributed by atoms with van der Waals surface area (Å²) >= 11 is 0. The number of rotatable bonds is 5. The molecule has 0 amide bonds. The number of likely N-dealkylation sites (N-methyl/N-ethyl adjacent to an activating group) is 1. The lowest BCUT2D eigenvalue weighted by Gasteiger charge is -2.19. The third kappa shape index (κ3) is 3.58. The van der Waals surface area contributed by atoms with Crippen LogP contribution in [-0.2, 0) is 4.74 Å². The molecule has 1 unspecified atom stereocenters. The molecular formula is C13H20FNO. The van der Waals surface area contributed by atoms with Gasteiger partial charge in [-0.05, 0) is 39.4 Å². The minimum atomic E-state index is -0.174. The van der Waals surface area contributed by atoms with Crippen molar-refractivity contribution in [3.63, 3.8) is 0 Å². The number of aryl methyl sites for hydroxylation is 1. The summed E-state index contributed by atoms with van der Waals surface area (Å²) in [6.45, 7) is 6.30. The first-order valence-corrected chi connectivity index (χ1v) is 5.59. The molecule has 1 aromatic rings. The van der Waals surface area contributed by atoms with Crippen LogP contribution >= 0.6 is 0 Å². The Morgan fingerprint density at radius 1 is 1.38 bits per heavy atom. The van der Waals surface area contributed by atoms with Gasteiger partial charge in [0, 0.05) is 5.56 Å². The highest BCUT2D eigenvalue weighted by Crippen LogP contribution is 2.18. The van der Waals surface area contributed by atoms with Crippen LogP contribution in [0.25, 0.3) is 0 Å². The molecule has 0 saturated heterocycles. The molecule has 0 saturated carbocycles. The van der Waals surface area contributed by atoms with Gasteiger partial charge in [-0.3, -0.25) is 0 Å². The molecule has 0 bridgehead atoms. The van der Waals surface area contributed by atoms with Crippen LogP contribution in [-0.4, -0.2) is 19.8 Å². The Kier molecular flexibility index (Phi) is 4.90. The molecule has 0 aliphatic carbocycles. The predicted molar refractivity (Wildman–Crippen MR) is 64.0 cm³/mol. The fraction of sp³-hybridized carbons (Fsp3) is 0.538. The van der Waals surface area contributed by atoms with Gasteiger partial charge in [-0.2, -0.15) is 0 Å². The van der Waals surface area contributed by atoms with Crippen molar-refractivity contribution < 1.29 is 9.13 Å². The van der Waals surface area contributed by atoms with E-state index in [1.54, 1.807) is 6.07 Å². The van der Waals surface area contributed by atoms with Gasteiger partial charge in [0.1, 0.15) is 5.82 Å². The largest absolute Gasteiger partial charge is 0.377 e. The number of benzene rings is 1. The smallest absolute Gasteiger partial charge is 0.128 e. The quantitative estimate of drug-likeness (QED) is 0.832. The van der Waals surface area contributed by atoms with Gasteiger partial charge < -0.3 is 10.1 Å². The second-order valence-electron chi connectivity index (χ2n) is 4.25. The molecule has 0 spiro atoms. The third-order valence-electron chi connectivity index (χ3n) is 2.48. The van der Waals surface area contributed by atoms with E-state index in [0.29, 0.717) is 12.2 Å². The Morgan fingerprint density at radius 2 is 2.06 bits per heavy atom. The first-order valence-electron chi connectivity index (χ1n) is 5.59. The average Bonchev–Trinajstić information content (AvgIpc) is 2.21. The molecule has 1 N–H and O–H groups in total. The van der Waals surface area contributed by atoms with Crippen LogP contribution in [0.15, 0.2) is 18.2 Å². The van der Waals surface area contributed by atoms with Gasteiger partial charge in [0.2, 0.25) is 0 Å². The second-order valence-corrected chi connectivity index (χ2v) is 4.25. The monoisotopic (exact) mass is 225 g/mol. The second kappa shape index (κ2) is 5.97. The summed E-state index contributed by atoms with van der Waals surface area (Å²) in [4.78, 5) is 0. The van der Waals surface area contributed by atoms with Crippen molar-refractivity contribution in [1.29, 1.82) is 0 Å². The molecule has 0 aliphatic rings. The van der Waals surface area contributed by atoms with Crippen molar-refractivity contribution in [1.82, 2.24) is 5.32 Å². The van der Waals surface area contributed by atoms with Crippen LogP contribution in [0.2, 0.25) is 0 Å². The minimum absolute atomic E-state index is 0.0944. The van der Waals surface area contributed by atoms with E-state index in [1.807, 2.05) is 40.0 Å². The highest BCUT2D eigenvalue weighted by molar-refractivity contribution is 5.26. The summed E-state index contributed by atoms with van der Waals surface area (Å²) < 4.78 is 19.2. The number of hydrogen-bond donors (Lipinski definition) is 1. The molecule has 1 atom stereocenters. The number of nitrogens with one attached hydrogen (secondary N) is 1. The lowest BCUT2D eigenvalue weighted by atomic mass is 10.1. The number of ether oxygens (including phenoxy) is 1. The van der Waals surface area contributed by atoms with Gasteiger partial charge in [-0.25, -0.2) is 4.39 Å². The summed E-state index contributed by atoms with van der Waals surface area (Å²) in [7, 11) is 1.81. The zero-order valence-electron chi connectivity index (χ0n) is 10.4. The lowest BCUT2D eigenvalue weighted by molar-refractivity contribution is 0.0619. The SMILES string of the molecule is CNC(COC(C)C)c1ccc(C)cc1F. The molecule has 1 aromatic carbocycles. The van der Waals surface area contributed by atoms with Gasteiger partial charge in [-0.1, -0.05) is 12.1 Å². The van der Waals surface area contributed by atoms with E-state index in [1.165, 1.54) is 0 Å². The zero-order chi connectivity index (χ0) is 12.1. The van der Waals surface area contributed by atoms with Gasteiger partial charge in [0.25, 0.3) is 0 Å². The third-order valence-corrected chi connectivity index (χ3v) is 2.48. The molecule has 0 radical (unpaired) electrons. The summed E-state index contributed by atoms with van der Waals surface area (Å²) in [5.41, 5.74) is 1.59. The van der Waals surface area contributed by atoms with Crippen molar-refractivity contribution in [2.24, 2.45) is 0 Å². The van der Waals surface area contributed by atoms with E-state index in [9.17, 15) is 4.39 Å². The van der Waals surface area contributed by atoms with Crippen LogP contribution in [0.3, 0.4) is 0 Å². The molecule has 0 aromatic heterocycles. The van der Waals surface area contributed by atoms with Crippen LogP contribution in [0.5, 0.6) is 0 Å². The standard InChI is InChI=1S/C13H20FNO/c1-9(2)16-8-13(15-4)11-6-5-10(3)7-12(11)14/h5-7,9,13,15H,8H2,1-4H3. The van der Waals surface area contributed by atoms with Crippen LogP contribution < -0.4 is 5.32 Å². The summed E-state index contributed by atoms with van der Waals surface area (Å²) in [5, 5.41) is 3.07. The normalized spacial score (nSPS) is 13.1. The maximum Gasteiger partial charge on any atom is 0.128 e. The van der Waals surface area contributed by atoms with E-state index >= 15 is 0 Å². The first kappa shape index (κ1) is 13.1. The van der Waals surface area contributed by atoms with Gasteiger partial charge in [-0.15, -0.1) is 0 Å². The van der Waals surface area contributed by atoms with Crippen LogP contribution in [0.4, 0.5) is 4.39 Å². The Bertz CT molecular complexity index is 339. The highest BCUT2D eigenvalue weighted by atomic mass is 19.1. The summed E-state index contributed by atoms with van der Waals surface area (Å²) in [6.07, 6.45) is 0.157. The fourth-order valence-electron chi connectivity index (χ4n) is 1.53. The van der Waals surface area contributed by atoms with Crippen molar-refractivity contribution in [2.45, 2.75) is 32.9 Å².